The van der Waals surface area contributed by atoms with Crippen molar-refractivity contribution in [3.05, 3.63) is 33.9 Å². The molecule has 1 atom stereocenters. The van der Waals surface area contributed by atoms with Gasteiger partial charge in [0.1, 0.15) is 5.69 Å². The predicted octanol–water partition coefficient (Wildman–Crippen LogP) is 1.59. The molecule has 0 amide bonds. The van der Waals surface area contributed by atoms with Gasteiger partial charge >= 0.3 is 5.97 Å². The minimum atomic E-state index is -0.516. The van der Waals surface area contributed by atoms with E-state index in [-0.39, 0.29) is 12.3 Å². The highest BCUT2D eigenvalue weighted by Crippen LogP contribution is 2.34. The number of nitrogens with zero attached hydrogens (tertiary/aromatic N) is 2. The van der Waals surface area contributed by atoms with Gasteiger partial charge < -0.3 is 14.7 Å². The lowest BCUT2D eigenvalue weighted by molar-refractivity contribution is -0.384. The van der Waals surface area contributed by atoms with E-state index in [0.717, 1.165) is 6.42 Å². The van der Waals surface area contributed by atoms with E-state index < -0.39 is 10.9 Å². The second-order valence-electron chi connectivity index (χ2n) is 5.07. The molecule has 1 N–H and O–H groups in total. The zero-order valence-corrected chi connectivity index (χ0v) is 11.8. The smallest absolute Gasteiger partial charge is 0.337 e. The number of benzene rings is 1. The number of rotatable bonds is 5. The van der Waals surface area contributed by atoms with E-state index in [2.05, 4.69) is 4.74 Å². The van der Waals surface area contributed by atoms with Crippen molar-refractivity contribution in [2.24, 2.45) is 5.92 Å². The van der Waals surface area contributed by atoms with Gasteiger partial charge in [-0.1, -0.05) is 0 Å². The summed E-state index contributed by atoms with van der Waals surface area (Å²) in [6, 6.07) is 4.24. The topological polar surface area (TPSA) is 92.9 Å². The Morgan fingerprint density at radius 3 is 2.95 bits per heavy atom. The fraction of sp³-hybridized carbons (Fsp3) is 0.500. The zero-order chi connectivity index (χ0) is 15.4. The number of aliphatic hydroxyl groups is 1. The third-order valence-electron chi connectivity index (χ3n) is 3.76. The van der Waals surface area contributed by atoms with Gasteiger partial charge in [0.15, 0.2) is 0 Å². The first-order valence-corrected chi connectivity index (χ1v) is 6.79. The van der Waals surface area contributed by atoms with Crippen LogP contribution >= 0.6 is 0 Å². The molecule has 21 heavy (non-hydrogen) atoms. The fourth-order valence-corrected chi connectivity index (χ4v) is 2.65. The van der Waals surface area contributed by atoms with E-state index in [1.54, 1.807) is 0 Å². The number of carbonyl (C=O) groups is 1. The summed E-state index contributed by atoms with van der Waals surface area (Å²) in [6.07, 6.45) is 1.56. The van der Waals surface area contributed by atoms with Crippen LogP contribution in [0.15, 0.2) is 18.2 Å². The third kappa shape index (κ3) is 3.30. The lowest BCUT2D eigenvalue weighted by Gasteiger charge is -2.19. The highest BCUT2D eigenvalue weighted by atomic mass is 16.6. The van der Waals surface area contributed by atoms with Crippen LogP contribution in [0.4, 0.5) is 11.4 Å². The summed E-state index contributed by atoms with van der Waals surface area (Å²) in [5.41, 5.74) is 0.708. The standard InChI is InChI=1S/C14H18N2O5/c1-21-14(18)11-2-3-12(16(19)20)13(8-11)15-6-4-10(9-15)5-7-17/h2-3,8,10,17H,4-7,9H2,1H3. The summed E-state index contributed by atoms with van der Waals surface area (Å²) >= 11 is 0. The maximum atomic E-state index is 11.6. The predicted molar refractivity (Wildman–Crippen MR) is 76.5 cm³/mol. The van der Waals surface area contributed by atoms with Crippen molar-refractivity contribution in [3.8, 4) is 0 Å². The van der Waals surface area contributed by atoms with Gasteiger partial charge in [-0.3, -0.25) is 10.1 Å². The van der Waals surface area contributed by atoms with Crippen LogP contribution < -0.4 is 4.90 Å². The Kier molecular flexibility index (Phi) is 4.74. The molecule has 0 aliphatic carbocycles. The van der Waals surface area contributed by atoms with Crippen LogP contribution in [0.1, 0.15) is 23.2 Å². The van der Waals surface area contributed by atoms with Crippen LogP contribution in [-0.4, -0.2) is 42.8 Å². The highest BCUT2D eigenvalue weighted by Gasteiger charge is 2.28. The Bertz CT molecular complexity index is 546. The summed E-state index contributed by atoms with van der Waals surface area (Å²) in [4.78, 5) is 24.2. The van der Waals surface area contributed by atoms with E-state index in [4.69, 9.17) is 5.11 Å². The van der Waals surface area contributed by atoms with Gasteiger partial charge in [-0.2, -0.15) is 0 Å². The summed E-state index contributed by atoms with van der Waals surface area (Å²) < 4.78 is 4.65. The SMILES string of the molecule is COC(=O)c1ccc([N+](=O)[O-])c(N2CCC(CCO)C2)c1. The van der Waals surface area contributed by atoms with Gasteiger partial charge in [0.25, 0.3) is 5.69 Å². The van der Waals surface area contributed by atoms with Crippen LogP contribution in [0, 0.1) is 16.0 Å². The average molecular weight is 294 g/mol. The molecule has 1 aliphatic rings. The van der Waals surface area contributed by atoms with Crippen LogP contribution in [0.25, 0.3) is 0 Å². The number of nitro benzene ring substituents is 1. The number of esters is 1. The number of carbonyl (C=O) groups excluding carboxylic acids is 1. The monoisotopic (exact) mass is 294 g/mol. The molecule has 1 heterocycles. The molecule has 1 aromatic rings. The van der Waals surface area contributed by atoms with Gasteiger partial charge in [0, 0.05) is 25.8 Å². The van der Waals surface area contributed by atoms with Crippen LogP contribution in [0.3, 0.4) is 0 Å². The maximum absolute atomic E-state index is 11.6. The molecule has 1 aliphatic heterocycles. The summed E-state index contributed by atoms with van der Waals surface area (Å²) in [5, 5.41) is 20.1. The number of hydrogen-bond donors (Lipinski definition) is 1. The molecule has 0 aromatic heterocycles. The summed E-state index contributed by atoms with van der Waals surface area (Å²) in [6.45, 7) is 1.44. The number of anilines is 1. The number of aliphatic hydroxyl groups excluding tert-OH is 1. The molecule has 0 saturated carbocycles. The van der Waals surface area contributed by atoms with Gasteiger partial charge in [0.2, 0.25) is 0 Å². The molecule has 114 valence electrons. The molecule has 0 radical (unpaired) electrons. The molecule has 7 heteroatoms. The van der Waals surface area contributed by atoms with Crippen molar-refractivity contribution in [3.63, 3.8) is 0 Å². The third-order valence-corrected chi connectivity index (χ3v) is 3.76. The van der Waals surface area contributed by atoms with Gasteiger partial charge in [-0.15, -0.1) is 0 Å². The molecule has 1 aromatic carbocycles. The highest BCUT2D eigenvalue weighted by molar-refractivity contribution is 5.91. The molecular formula is C14H18N2O5. The Morgan fingerprint density at radius 2 is 2.33 bits per heavy atom. The minimum absolute atomic E-state index is 0.0210. The molecule has 1 saturated heterocycles. The molecule has 7 nitrogen and oxygen atoms in total. The fourth-order valence-electron chi connectivity index (χ4n) is 2.65. The first kappa shape index (κ1) is 15.2. The molecule has 2 rings (SSSR count). The second-order valence-corrected chi connectivity index (χ2v) is 5.07. The lowest BCUT2D eigenvalue weighted by Crippen LogP contribution is -2.21. The lowest BCUT2D eigenvalue weighted by atomic mass is 10.1. The van der Waals surface area contributed by atoms with Crippen LogP contribution in [-0.2, 0) is 4.74 Å². The van der Waals surface area contributed by atoms with Gasteiger partial charge in [0.05, 0.1) is 17.6 Å². The Balaban J connectivity index is 2.31. The molecule has 1 fully saturated rings. The van der Waals surface area contributed by atoms with Crippen LogP contribution in [0.2, 0.25) is 0 Å². The first-order chi connectivity index (χ1) is 10.1. The van der Waals surface area contributed by atoms with E-state index in [1.165, 1.54) is 25.3 Å². The van der Waals surface area contributed by atoms with Gasteiger partial charge in [-0.05, 0) is 30.9 Å². The number of hydrogen-bond acceptors (Lipinski definition) is 6. The normalized spacial score (nSPS) is 17.8. The van der Waals surface area contributed by atoms with Crippen LogP contribution in [0.5, 0.6) is 0 Å². The summed E-state index contributed by atoms with van der Waals surface area (Å²) in [5.74, 6) is -0.200. The Labute approximate surface area is 122 Å². The minimum Gasteiger partial charge on any atom is -0.465 e. The Morgan fingerprint density at radius 1 is 1.57 bits per heavy atom. The zero-order valence-electron chi connectivity index (χ0n) is 11.8. The first-order valence-electron chi connectivity index (χ1n) is 6.79. The quantitative estimate of drug-likeness (QED) is 0.503. The molecule has 0 spiro atoms. The van der Waals surface area contributed by atoms with Crippen molar-refractivity contribution in [1.29, 1.82) is 0 Å². The van der Waals surface area contributed by atoms with E-state index in [1.807, 2.05) is 4.90 Å². The number of methoxy groups -OCH3 is 1. The van der Waals surface area contributed by atoms with Crippen molar-refractivity contribution < 1.29 is 19.6 Å². The average Bonchev–Trinajstić information content (AvgIpc) is 2.94. The van der Waals surface area contributed by atoms with Crippen molar-refractivity contribution in [1.82, 2.24) is 0 Å². The van der Waals surface area contributed by atoms with Crippen molar-refractivity contribution in [2.75, 3.05) is 31.7 Å². The second kappa shape index (κ2) is 6.53. The van der Waals surface area contributed by atoms with Crippen molar-refractivity contribution >= 4 is 17.3 Å². The van der Waals surface area contributed by atoms with E-state index in [9.17, 15) is 14.9 Å². The number of ether oxygens (including phenoxy) is 1. The molecular weight excluding hydrogens is 276 g/mol. The van der Waals surface area contributed by atoms with Crippen molar-refractivity contribution in [2.45, 2.75) is 12.8 Å². The number of nitro groups is 1. The summed E-state index contributed by atoms with van der Waals surface area (Å²) in [7, 11) is 1.27. The van der Waals surface area contributed by atoms with Gasteiger partial charge in [-0.25, -0.2) is 4.79 Å². The van der Waals surface area contributed by atoms with E-state index >= 15 is 0 Å². The maximum Gasteiger partial charge on any atom is 0.337 e. The molecule has 0 bridgehead atoms. The largest absolute Gasteiger partial charge is 0.465 e. The van der Waals surface area contributed by atoms with E-state index in [0.29, 0.717) is 36.7 Å². The molecule has 1 unspecified atom stereocenters. The Hall–Kier alpha value is -2.15.